The summed E-state index contributed by atoms with van der Waals surface area (Å²) in [4.78, 5) is 25.3. The van der Waals surface area contributed by atoms with Gasteiger partial charge in [-0.1, -0.05) is 18.2 Å². The molecule has 1 amide bonds. The van der Waals surface area contributed by atoms with Gasteiger partial charge in [-0.2, -0.15) is 0 Å². The zero-order chi connectivity index (χ0) is 14.3. The van der Waals surface area contributed by atoms with Crippen LogP contribution in [0.15, 0.2) is 41.0 Å². The number of amides is 1. The SMILES string of the molecule is Cc1ccoc1C(=O)N1C[C@H](C(=O)O)c2ccccc21. The molecule has 2 aromatic rings. The van der Waals surface area contributed by atoms with Crippen LogP contribution in [0.3, 0.4) is 0 Å². The molecule has 2 heterocycles. The monoisotopic (exact) mass is 271 g/mol. The Kier molecular flexibility index (Phi) is 2.82. The molecule has 20 heavy (non-hydrogen) atoms. The molecule has 5 nitrogen and oxygen atoms in total. The molecule has 1 aromatic heterocycles. The van der Waals surface area contributed by atoms with Crippen LogP contribution in [0.25, 0.3) is 0 Å². The number of carboxylic acid groups (broad SMARTS) is 1. The summed E-state index contributed by atoms with van der Waals surface area (Å²) < 4.78 is 5.21. The van der Waals surface area contributed by atoms with Crippen molar-refractivity contribution in [1.82, 2.24) is 0 Å². The first-order valence-corrected chi connectivity index (χ1v) is 6.27. The lowest BCUT2D eigenvalue weighted by Gasteiger charge is -2.16. The van der Waals surface area contributed by atoms with Crippen molar-refractivity contribution in [3.63, 3.8) is 0 Å². The van der Waals surface area contributed by atoms with Crippen LogP contribution in [0.4, 0.5) is 5.69 Å². The van der Waals surface area contributed by atoms with Gasteiger partial charge in [0.2, 0.25) is 0 Å². The number of nitrogens with zero attached hydrogens (tertiary/aromatic N) is 1. The summed E-state index contributed by atoms with van der Waals surface area (Å²) in [6.07, 6.45) is 1.46. The molecule has 0 aliphatic carbocycles. The zero-order valence-corrected chi connectivity index (χ0v) is 10.9. The van der Waals surface area contributed by atoms with Gasteiger partial charge in [-0.15, -0.1) is 0 Å². The van der Waals surface area contributed by atoms with Gasteiger partial charge in [0.15, 0.2) is 5.76 Å². The molecule has 3 rings (SSSR count). The minimum atomic E-state index is -0.927. The molecule has 1 aliphatic rings. The maximum atomic E-state index is 12.5. The van der Waals surface area contributed by atoms with Crippen molar-refractivity contribution >= 4 is 17.6 Å². The number of fused-ring (bicyclic) bond motifs is 1. The van der Waals surface area contributed by atoms with Crippen LogP contribution >= 0.6 is 0 Å². The molecule has 0 saturated carbocycles. The van der Waals surface area contributed by atoms with Crippen LogP contribution in [0.5, 0.6) is 0 Å². The standard InChI is InChI=1S/C15H13NO4/c1-9-6-7-20-13(9)14(17)16-8-11(15(18)19)10-4-2-3-5-12(10)16/h2-7,11H,8H2,1H3,(H,18,19)/t11-/m0/s1. The molecule has 0 bridgehead atoms. The molecule has 1 aliphatic heterocycles. The third kappa shape index (κ3) is 1.79. The zero-order valence-electron chi connectivity index (χ0n) is 10.9. The first-order chi connectivity index (χ1) is 9.59. The van der Waals surface area contributed by atoms with E-state index in [0.29, 0.717) is 11.3 Å². The first kappa shape index (κ1) is 12.5. The van der Waals surface area contributed by atoms with E-state index in [4.69, 9.17) is 4.42 Å². The Labute approximate surface area is 115 Å². The average Bonchev–Trinajstić information content (AvgIpc) is 3.01. The Morgan fingerprint density at radius 2 is 2.05 bits per heavy atom. The number of carboxylic acids is 1. The number of para-hydroxylation sites is 1. The van der Waals surface area contributed by atoms with Crippen molar-refractivity contribution in [3.05, 3.63) is 53.5 Å². The van der Waals surface area contributed by atoms with Gasteiger partial charge in [-0.05, 0) is 24.6 Å². The van der Waals surface area contributed by atoms with Crippen LogP contribution in [0.1, 0.15) is 27.6 Å². The number of carbonyl (C=O) groups is 2. The van der Waals surface area contributed by atoms with Crippen molar-refractivity contribution in [2.24, 2.45) is 0 Å². The summed E-state index contributed by atoms with van der Waals surface area (Å²) in [7, 11) is 0. The fourth-order valence-corrected chi connectivity index (χ4v) is 2.53. The fourth-order valence-electron chi connectivity index (χ4n) is 2.53. The van der Waals surface area contributed by atoms with E-state index in [9.17, 15) is 14.7 Å². The Morgan fingerprint density at radius 1 is 1.30 bits per heavy atom. The molecule has 5 heteroatoms. The van der Waals surface area contributed by atoms with Gasteiger partial charge in [0.05, 0.1) is 6.26 Å². The number of aliphatic carboxylic acids is 1. The number of hydrogen-bond acceptors (Lipinski definition) is 3. The number of aryl methyl sites for hydroxylation is 1. The number of rotatable bonds is 2. The summed E-state index contributed by atoms with van der Waals surface area (Å²) in [6.45, 7) is 1.92. The molecular weight excluding hydrogens is 258 g/mol. The summed E-state index contributed by atoms with van der Waals surface area (Å²) in [5.74, 6) is -1.66. The van der Waals surface area contributed by atoms with Gasteiger partial charge in [0, 0.05) is 17.8 Å². The second kappa shape index (κ2) is 4.52. The van der Waals surface area contributed by atoms with E-state index >= 15 is 0 Å². The Balaban J connectivity index is 2.03. The quantitative estimate of drug-likeness (QED) is 0.910. The van der Waals surface area contributed by atoms with Crippen molar-refractivity contribution in [2.75, 3.05) is 11.4 Å². The maximum absolute atomic E-state index is 12.5. The van der Waals surface area contributed by atoms with E-state index in [-0.39, 0.29) is 18.2 Å². The second-order valence-corrected chi connectivity index (χ2v) is 4.80. The van der Waals surface area contributed by atoms with E-state index in [1.54, 1.807) is 37.3 Å². The highest BCUT2D eigenvalue weighted by Gasteiger charge is 2.37. The van der Waals surface area contributed by atoms with E-state index in [1.165, 1.54) is 11.2 Å². The minimum Gasteiger partial charge on any atom is -0.481 e. The lowest BCUT2D eigenvalue weighted by molar-refractivity contribution is -0.138. The van der Waals surface area contributed by atoms with Crippen molar-refractivity contribution < 1.29 is 19.1 Å². The molecule has 0 fully saturated rings. The van der Waals surface area contributed by atoms with Crippen LogP contribution < -0.4 is 4.90 Å². The van der Waals surface area contributed by atoms with Crippen LogP contribution in [-0.4, -0.2) is 23.5 Å². The van der Waals surface area contributed by atoms with Crippen molar-refractivity contribution in [3.8, 4) is 0 Å². The molecule has 0 spiro atoms. The Hall–Kier alpha value is -2.56. The lowest BCUT2D eigenvalue weighted by atomic mass is 10.0. The third-order valence-corrected chi connectivity index (χ3v) is 3.57. The lowest BCUT2D eigenvalue weighted by Crippen LogP contribution is -2.31. The minimum absolute atomic E-state index is 0.133. The van der Waals surface area contributed by atoms with Crippen molar-refractivity contribution in [1.29, 1.82) is 0 Å². The topological polar surface area (TPSA) is 70.8 Å². The molecule has 0 saturated heterocycles. The van der Waals surface area contributed by atoms with Crippen molar-refractivity contribution in [2.45, 2.75) is 12.8 Å². The molecular formula is C15H13NO4. The first-order valence-electron chi connectivity index (χ1n) is 6.27. The molecule has 0 radical (unpaired) electrons. The molecule has 0 unspecified atom stereocenters. The Morgan fingerprint density at radius 3 is 2.70 bits per heavy atom. The molecule has 1 aromatic carbocycles. The fraction of sp³-hybridized carbons (Fsp3) is 0.200. The maximum Gasteiger partial charge on any atom is 0.312 e. The van der Waals surface area contributed by atoms with Gasteiger partial charge in [-0.3, -0.25) is 9.59 Å². The molecule has 1 atom stereocenters. The highest BCUT2D eigenvalue weighted by atomic mass is 16.4. The second-order valence-electron chi connectivity index (χ2n) is 4.80. The van der Waals surface area contributed by atoms with E-state index in [1.807, 2.05) is 0 Å². The predicted octanol–water partition coefficient (Wildman–Crippen LogP) is 2.42. The van der Waals surface area contributed by atoms with Crippen LogP contribution in [0, 0.1) is 6.92 Å². The smallest absolute Gasteiger partial charge is 0.312 e. The van der Waals surface area contributed by atoms with Crippen LogP contribution in [0.2, 0.25) is 0 Å². The predicted molar refractivity (Wildman–Crippen MR) is 71.9 cm³/mol. The number of furan rings is 1. The van der Waals surface area contributed by atoms with Gasteiger partial charge in [0.25, 0.3) is 5.91 Å². The molecule has 1 N–H and O–H groups in total. The normalized spacial score (nSPS) is 17.1. The number of carbonyl (C=O) groups excluding carboxylic acids is 1. The summed E-state index contributed by atoms with van der Waals surface area (Å²) in [6, 6.07) is 8.79. The van der Waals surface area contributed by atoms with Gasteiger partial charge < -0.3 is 14.4 Å². The summed E-state index contributed by atoms with van der Waals surface area (Å²) >= 11 is 0. The highest BCUT2D eigenvalue weighted by Crippen LogP contribution is 2.37. The highest BCUT2D eigenvalue weighted by molar-refractivity contribution is 6.07. The number of benzene rings is 1. The van der Waals surface area contributed by atoms with E-state index in [2.05, 4.69) is 0 Å². The van der Waals surface area contributed by atoms with E-state index in [0.717, 1.165) is 5.56 Å². The number of anilines is 1. The third-order valence-electron chi connectivity index (χ3n) is 3.57. The number of hydrogen-bond donors (Lipinski definition) is 1. The summed E-state index contributed by atoms with van der Waals surface area (Å²) in [5, 5.41) is 9.28. The van der Waals surface area contributed by atoms with E-state index < -0.39 is 11.9 Å². The summed E-state index contributed by atoms with van der Waals surface area (Å²) in [5.41, 5.74) is 2.05. The van der Waals surface area contributed by atoms with Crippen LogP contribution in [-0.2, 0) is 4.79 Å². The average molecular weight is 271 g/mol. The van der Waals surface area contributed by atoms with Gasteiger partial charge in [-0.25, -0.2) is 0 Å². The van der Waals surface area contributed by atoms with Gasteiger partial charge in [0.1, 0.15) is 5.92 Å². The Bertz CT molecular complexity index is 689. The largest absolute Gasteiger partial charge is 0.481 e. The molecule has 102 valence electrons. The van der Waals surface area contributed by atoms with Gasteiger partial charge >= 0.3 is 5.97 Å².